The van der Waals surface area contributed by atoms with Crippen molar-refractivity contribution in [2.45, 2.75) is 25.3 Å². The summed E-state index contributed by atoms with van der Waals surface area (Å²) in [5.74, 6) is -0.427. The van der Waals surface area contributed by atoms with Crippen molar-refractivity contribution in [1.82, 2.24) is 15.1 Å². The predicted octanol–water partition coefficient (Wildman–Crippen LogP) is 1.23. The summed E-state index contributed by atoms with van der Waals surface area (Å²) in [5, 5.41) is 7.03. The molecule has 1 amide bonds. The van der Waals surface area contributed by atoms with Crippen molar-refractivity contribution >= 4 is 5.91 Å². The molecule has 6 nitrogen and oxygen atoms in total. The molecule has 0 radical (unpaired) electrons. The number of nitrogens with zero attached hydrogens (tertiary/aromatic N) is 2. The van der Waals surface area contributed by atoms with Gasteiger partial charge in [0.15, 0.2) is 0 Å². The Labute approximate surface area is 138 Å². The van der Waals surface area contributed by atoms with Gasteiger partial charge in [-0.1, -0.05) is 0 Å². The predicted molar refractivity (Wildman–Crippen MR) is 87.4 cm³/mol. The second-order valence-electron chi connectivity index (χ2n) is 6.30. The van der Waals surface area contributed by atoms with E-state index < -0.39 is 16.9 Å². The Balaban J connectivity index is 1.89. The molecular weight excluding hydrogens is 311 g/mol. The lowest BCUT2D eigenvalue weighted by atomic mass is 9.96. The van der Waals surface area contributed by atoms with Gasteiger partial charge >= 0.3 is 0 Å². The summed E-state index contributed by atoms with van der Waals surface area (Å²) in [4.78, 5) is 24.5. The van der Waals surface area contributed by atoms with Crippen molar-refractivity contribution in [3.05, 3.63) is 58.3 Å². The van der Waals surface area contributed by atoms with Gasteiger partial charge in [-0.3, -0.25) is 9.59 Å². The van der Waals surface area contributed by atoms with E-state index in [-0.39, 0.29) is 11.6 Å². The zero-order chi connectivity index (χ0) is 17.3. The van der Waals surface area contributed by atoms with Crippen LogP contribution in [0, 0.1) is 11.7 Å². The van der Waals surface area contributed by atoms with E-state index in [1.807, 2.05) is 6.92 Å². The first-order valence-electron chi connectivity index (χ1n) is 7.82. The number of aromatic nitrogens is 2. The Bertz CT molecular complexity index is 814. The molecule has 3 rings (SSSR count). The molecule has 1 aromatic carbocycles. The highest BCUT2D eigenvalue weighted by Gasteiger charge is 2.41. The molecule has 24 heavy (non-hydrogen) atoms. The fraction of sp³-hybridized carbons (Fsp3) is 0.353. The molecule has 2 aromatic rings. The molecule has 1 atom stereocenters. The number of nitrogens with two attached hydrogens (primary N) is 1. The number of nitrogens with one attached hydrogen (secondary N) is 1. The first-order valence-corrected chi connectivity index (χ1v) is 7.82. The van der Waals surface area contributed by atoms with E-state index in [0.717, 1.165) is 17.5 Å². The molecule has 1 aliphatic rings. The molecule has 1 heterocycles. The number of carbonyl (C=O) groups is 1. The van der Waals surface area contributed by atoms with Crippen LogP contribution >= 0.6 is 0 Å². The number of benzene rings is 1. The lowest BCUT2D eigenvalue weighted by molar-refractivity contribution is 0.0890. The van der Waals surface area contributed by atoms with Gasteiger partial charge in [0.1, 0.15) is 11.5 Å². The Hall–Kier alpha value is -2.54. The maximum atomic E-state index is 13.0. The normalized spacial score (nSPS) is 16.5. The van der Waals surface area contributed by atoms with Gasteiger partial charge in [-0.25, -0.2) is 4.39 Å². The number of hydrogen-bond donors (Lipinski definition) is 2. The first-order chi connectivity index (χ1) is 11.4. The summed E-state index contributed by atoms with van der Waals surface area (Å²) in [7, 11) is 0. The van der Waals surface area contributed by atoms with Crippen LogP contribution in [0.4, 0.5) is 4.39 Å². The van der Waals surface area contributed by atoms with Crippen LogP contribution in [0.25, 0.3) is 5.69 Å². The minimum Gasteiger partial charge on any atom is -0.344 e. The maximum Gasteiger partial charge on any atom is 0.272 e. The van der Waals surface area contributed by atoms with E-state index in [0.29, 0.717) is 18.2 Å². The van der Waals surface area contributed by atoms with E-state index in [2.05, 4.69) is 10.4 Å². The second-order valence-corrected chi connectivity index (χ2v) is 6.30. The smallest absolute Gasteiger partial charge is 0.272 e. The van der Waals surface area contributed by atoms with Crippen molar-refractivity contribution in [3.8, 4) is 5.69 Å². The Morgan fingerprint density at radius 3 is 2.58 bits per heavy atom. The molecule has 1 saturated carbocycles. The average Bonchev–Trinajstić information content (AvgIpc) is 3.41. The summed E-state index contributed by atoms with van der Waals surface area (Å²) >= 11 is 0. The highest BCUT2D eigenvalue weighted by atomic mass is 19.1. The van der Waals surface area contributed by atoms with Crippen molar-refractivity contribution in [2.24, 2.45) is 11.7 Å². The largest absolute Gasteiger partial charge is 0.344 e. The zero-order valence-corrected chi connectivity index (χ0v) is 13.3. The van der Waals surface area contributed by atoms with Gasteiger partial charge in [0.2, 0.25) is 0 Å². The van der Waals surface area contributed by atoms with Gasteiger partial charge in [0, 0.05) is 12.6 Å². The van der Waals surface area contributed by atoms with Crippen molar-refractivity contribution in [1.29, 1.82) is 0 Å². The van der Waals surface area contributed by atoms with E-state index in [9.17, 15) is 14.0 Å². The van der Waals surface area contributed by atoms with Gasteiger partial charge < -0.3 is 11.1 Å². The molecule has 126 valence electrons. The van der Waals surface area contributed by atoms with Crippen LogP contribution in [0.15, 0.2) is 41.2 Å². The lowest BCUT2D eigenvalue weighted by Gasteiger charge is -2.29. The topological polar surface area (TPSA) is 90.0 Å². The lowest BCUT2D eigenvalue weighted by Crippen LogP contribution is -2.53. The minimum atomic E-state index is -0.477. The second kappa shape index (κ2) is 6.16. The Morgan fingerprint density at radius 2 is 2.00 bits per heavy atom. The van der Waals surface area contributed by atoms with Crippen molar-refractivity contribution < 1.29 is 9.18 Å². The quantitative estimate of drug-likeness (QED) is 0.863. The number of carbonyl (C=O) groups excluding carboxylic acids is 1. The number of rotatable bonds is 5. The van der Waals surface area contributed by atoms with Crippen LogP contribution < -0.4 is 16.6 Å². The molecule has 1 aromatic heterocycles. The molecule has 1 aliphatic carbocycles. The average molecular weight is 330 g/mol. The number of halogens is 1. The third kappa shape index (κ3) is 3.21. The molecule has 3 N–H and O–H groups in total. The van der Waals surface area contributed by atoms with Crippen LogP contribution in [-0.2, 0) is 0 Å². The van der Waals surface area contributed by atoms with Gasteiger partial charge in [-0.05, 0) is 56.0 Å². The highest BCUT2D eigenvalue weighted by molar-refractivity contribution is 5.92. The van der Waals surface area contributed by atoms with Gasteiger partial charge in [0.25, 0.3) is 11.5 Å². The fourth-order valence-corrected chi connectivity index (χ4v) is 2.66. The SMILES string of the molecule is CC(CN)(NC(=O)c1ccc(=O)n(-c2ccc(F)cc2)n1)C1CC1. The fourth-order valence-electron chi connectivity index (χ4n) is 2.66. The third-order valence-corrected chi connectivity index (χ3v) is 4.41. The molecule has 1 fully saturated rings. The van der Waals surface area contributed by atoms with Crippen LogP contribution in [-0.4, -0.2) is 27.8 Å². The number of hydrogen-bond acceptors (Lipinski definition) is 4. The molecule has 0 saturated heterocycles. The van der Waals surface area contributed by atoms with E-state index in [1.54, 1.807) is 0 Å². The number of amides is 1. The summed E-state index contributed by atoms with van der Waals surface area (Å²) in [6.45, 7) is 2.25. The van der Waals surface area contributed by atoms with E-state index in [1.165, 1.54) is 36.4 Å². The van der Waals surface area contributed by atoms with Gasteiger partial charge in [0.05, 0.1) is 11.2 Å². The van der Waals surface area contributed by atoms with Gasteiger partial charge in [-0.2, -0.15) is 9.78 Å². The van der Waals surface area contributed by atoms with Crippen LogP contribution in [0.1, 0.15) is 30.3 Å². The molecule has 0 spiro atoms. The monoisotopic (exact) mass is 330 g/mol. The van der Waals surface area contributed by atoms with E-state index >= 15 is 0 Å². The molecular formula is C17H19FN4O2. The van der Waals surface area contributed by atoms with Crippen molar-refractivity contribution in [3.63, 3.8) is 0 Å². The first kappa shape index (κ1) is 16.3. The molecule has 1 unspecified atom stereocenters. The molecule has 7 heteroatoms. The summed E-state index contributed by atoms with van der Waals surface area (Å²) < 4.78 is 14.1. The van der Waals surface area contributed by atoms with Crippen LogP contribution in [0.2, 0.25) is 0 Å². The van der Waals surface area contributed by atoms with Crippen LogP contribution in [0.3, 0.4) is 0 Å². The Morgan fingerprint density at radius 1 is 1.33 bits per heavy atom. The van der Waals surface area contributed by atoms with E-state index in [4.69, 9.17) is 5.73 Å². The standard InChI is InChI=1S/C17H19FN4O2/c1-17(10-19,11-2-3-11)20-16(24)14-8-9-15(23)22(21-14)13-6-4-12(18)5-7-13/h4-9,11H,2-3,10,19H2,1H3,(H,20,24). The summed E-state index contributed by atoms with van der Waals surface area (Å²) in [6, 6.07) is 7.96. The summed E-state index contributed by atoms with van der Waals surface area (Å²) in [5.41, 5.74) is 5.43. The zero-order valence-electron chi connectivity index (χ0n) is 13.3. The van der Waals surface area contributed by atoms with Gasteiger partial charge in [-0.15, -0.1) is 0 Å². The summed E-state index contributed by atoms with van der Waals surface area (Å²) in [6.07, 6.45) is 2.08. The third-order valence-electron chi connectivity index (χ3n) is 4.41. The van der Waals surface area contributed by atoms with Crippen molar-refractivity contribution in [2.75, 3.05) is 6.54 Å². The minimum absolute atomic E-state index is 0.110. The molecule has 0 bridgehead atoms. The maximum absolute atomic E-state index is 13.0. The van der Waals surface area contributed by atoms with Crippen LogP contribution in [0.5, 0.6) is 0 Å². The molecule has 0 aliphatic heterocycles. The highest BCUT2D eigenvalue weighted by Crippen LogP contribution is 2.39. The Kier molecular flexibility index (Phi) is 4.19.